The third-order valence-electron chi connectivity index (χ3n) is 3.09. The molecule has 0 saturated heterocycles. The van der Waals surface area contributed by atoms with Crippen molar-refractivity contribution in [1.29, 1.82) is 0 Å². The fourth-order valence-electron chi connectivity index (χ4n) is 1.61. The normalized spacial score (nSPS) is 12.4. The summed E-state index contributed by atoms with van der Waals surface area (Å²) in [5.74, 6) is 0.617. The van der Waals surface area contributed by atoms with Gasteiger partial charge in [-0.25, -0.2) is 9.98 Å². The van der Waals surface area contributed by atoms with Crippen molar-refractivity contribution >= 4 is 28.0 Å². The molecule has 116 valence electrons. The van der Waals surface area contributed by atoms with E-state index in [4.69, 9.17) is 4.74 Å². The van der Waals surface area contributed by atoms with Crippen LogP contribution in [0.15, 0.2) is 28.2 Å². The minimum absolute atomic E-state index is 0.103. The highest BCUT2D eigenvalue weighted by atomic mass is 79.9. The van der Waals surface area contributed by atoms with Crippen molar-refractivity contribution < 1.29 is 4.74 Å². The highest BCUT2D eigenvalue weighted by Crippen LogP contribution is 2.30. The third kappa shape index (κ3) is 5.87. The van der Waals surface area contributed by atoms with Gasteiger partial charge in [-0.05, 0) is 55.6 Å². The molecule has 0 aliphatic heterocycles. The van der Waals surface area contributed by atoms with E-state index in [0.717, 1.165) is 35.2 Å². The lowest BCUT2D eigenvalue weighted by atomic mass is 10.2. The van der Waals surface area contributed by atoms with Crippen LogP contribution >= 0.6 is 15.9 Å². The summed E-state index contributed by atoms with van der Waals surface area (Å²) in [6.45, 7) is 10.7. The van der Waals surface area contributed by atoms with Crippen LogP contribution in [0.25, 0.3) is 0 Å². The number of halogens is 1. The maximum absolute atomic E-state index is 5.86. The smallest absolute Gasteiger partial charge is 0.228 e. The molecule has 21 heavy (non-hydrogen) atoms. The highest BCUT2D eigenvalue weighted by molar-refractivity contribution is 9.10. The van der Waals surface area contributed by atoms with Crippen molar-refractivity contribution in [2.75, 3.05) is 13.6 Å². The van der Waals surface area contributed by atoms with Crippen LogP contribution < -0.4 is 4.74 Å². The van der Waals surface area contributed by atoms with Crippen molar-refractivity contribution in [2.45, 2.75) is 39.7 Å². The van der Waals surface area contributed by atoms with Crippen LogP contribution in [-0.4, -0.2) is 35.9 Å². The number of hydrogen-bond acceptors (Lipinski definition) is 3. The van der Waals surface area contributed by atoms with Crippen LogP contribution in [-0.2, 0) is 0 Å². The number of aryl methyl sites for hydroxylation is 1. The Hall–Kier alpha value is -1.36. The Morgan fingerprint density at radius 1 is 1.57 bits per heavy atom. The van der Waals surface area contributed by atoms with Crippen molar-refractivity contribution in [1.82, 2.24) is 9.88 Å². The molecule has 0 unspecified atom stereocenters. The minimum Gasteiger partial charge on any atom is -0.474 e. The first-order chi connectivity index (χ1) is 9.97. The van der Waals surface area contributed by atoms with Gasteiger partial charge in [0, 0.05) is 13.6 Å². The summed E-state index contributed by atoms with van der Waals surface area (Å²) in [5, 5.41) is 0. The van der Waals surface area contributed by atoms with Crippen molar-refractivity contribution in [3.05, 3.63) is 28.9 Å². The lowest BCUT2D eigenvalue weighted by Gasteiger charge is -2.15. The summed E-state index contributed by atoms with van der Waals surface area (Å²) in [5.41, 5.74) is 1.69. The second kappa shape index (κ2) is 8.82. The molecule has 1 rings (SSSR count). The molecule has 1 aromatic rings. The van der Waals surface area contributed by atoms with Crippen molar-refractivity contribution in [3.63, 3.8) is 0 Å². The topological polar surface area (TPSA) is 37.7 Å². The van der Waals surface area contributed by atoms with E-state index in [0.29, 0.717) is 5.88 Å². The zero-order chi connectivity index (χ0) is 15.8. The van der Waals surface area contributed by atoms with Crippen molar-refractivity contribution in [3.8, 4) is 5.88 Å². The molecule has 1 heterocycles. The zero-order valence-electron chi connectivity index (χ0n) is 13.3. The van der Waals surface area contributed by atoms with Gasteiger partial charge in [0.2, 0.25) is 5.88 Å². The number of allylic oxidation sites excluding steroid dienone is 1. The first-order valence-corrected chi connectivity index (χ1v) is 7.96. The second-order valence-electron chi connectivity index (χ2n) is 4.99. The summed E-state index contributed by atoms with van der Waals surface area (Å²) < 4.78 is 6.69. The van der Waals surface area contributed by atoms with Gasteiger partial charge in [-0.15, -0.1) is 6.58 Å². The molecule has 0 aliphatic carbocycles. The van der Waals surface area contributed by atoms with E-state index in [1.807, 2.05) is 44.3 Å². The quantitative estimate of drug-likeness (QED) is 0.392. The average molecular weight is 354 g/mol. The molecule has 0 amide bonds. The Bertz CT molecular complexity index is 503. The number of nitrogens with zero attached hydrogens (tertiary/aromatic N) is 3. The molecule has 4 nitrogen and oxygen atoms in total. The van der Waals surface area contributed by atoms with Crippen LogP contribution in [0.5, 0.6) is 5.88 Å². The Morgan fingerprint density at radius 3 is 2.90 bits per heavy atom. The molecule has 5 heteroatoms. The maximum Gasteiger partial charge on any atom is 0.228 e. The third-order valence-corrected chi connectivity index (χ3v) is 3.66. The van der Waals surface area contributed by atoms with E-state index < -0.39 is 0 Å². The molecular formula is C16H24BrN3O. The molecular weight excluding hydrogens is 330 g/mol. The summed E-state index contributed by atoms with van der Waals surface area (Å²) in [6, 6.07) is 1.94. The highest BCUT2D eigenvalue weighted by Gasteiger charge is 2.11. The van der Waals surface area contributed by atoms with Gasteiger partial charge in [0.1, 0.15) is 0 Å². The van der Waals surface area contributed by atoms with E-state index in [2.05, 4.69) is 39.4 Å². The maximum atomic E-state index is 5.86. The Balaban J connectivity index is 2.84. The number of hydrogen-bond donors (Lipinski definition) is 0. The van der Waals surface area contributed by atoms with Crippen LogP contribution in [0.1, 0.15) is 32.4 Å². The molecule has 1 atom stereocenters. The number of ether oxygens (including phenoxy) is 1. The summed E-state index contributed by atoms with van der Waals surface area (Å²) >= 11 is 3.51. The standard InChI is InChI=1S/C16H24BrN3O/c1-6-8-9-12(3)21-16-14(17)10-15(13(4)19-16)18-11-20(5)7-2/h6,10-12H,1,7-9H2,2-5H3/t12-/m0/s1. The van der Waals surface area contributed by atoms with Crippen LogP contribution in [0.3, 0.4) is 0 Å². The molecule has 0 aromatic carbocycles. The number of rotatable bonds is 8. The Labute approximate surface area is 136 Å². The summed E-state index contributed by atoms with van der Waals surface area (Å²) in [4.78, 5) is 11.0. The van der Waals surface area contributed by atoms with E-state index in [9.17, 15) is 0 Å². The van der Waals surface area contributed by atoms with E-state index in [-0.39, 0.29) is 6.10 Å². The Morgan fingerprint density at radius 2 is 2.29 bits per heavy atom. The van der Waals surface area contributed by atoms with E-state index in [1.54, 1.807) is 0 Å². The molecule has 0 fully saturated rings. The van der Waals surface area contributed by atoms with Crippen LogP contribution in [0.2, 0.25) is 0 Å². The first-order valence-electron chi connectivity index (χ1n) is 7.17. The van der Waals surface area contributed by atoms with Gasteiger partial charge >= 0.3 is 0 Å². The fraction of sp³-hybridized carbons (Fsp3) is 0.500. The number of pyridine rings is 1. The molecule has 0 saturated carbocycles. The van der Waals surface area contributed by atoms with Crippen molar-refractivity contribution in [2.24, 2.45) is 4.99 Å². The van der Waals surface area contributed by atoms with Gasteiger partial charge < -0.3 is 9.64 Å². The predicted molar refractivity (Wildman–Crippen MR) is 92.7 cm³/mol. The van der Waals surface area contributed by atoms with Crippen LogP contribution in [0, 0.1) is 6.92 Å². The second-order valence-corrected chi connectivity index (χ2v) is 5.85. The fourth-order valence-corrected chi connectivity index (χ4v) is 2.01. The van der Waals surface area contributed by atoms with Gasteiger partial charge in [-0.2, -0.15) is 0 Å². The molecule has 0 N–H and O–H groups in total. The van der Waals surface area contributed by atoms with E-state index >= 15 is 0 Å². The monoisotopic (exact) mass is 353 g/mol. The van der Waals surface area contributed by atoms with Gasteiger partial charge in [-0.3, -0.25) is 0 Å². The van der Waals surface area contributed by atoms with E-state index in [1.165, 1.54) is 0 Å². The molecule has 0 bridgehead atoms. The average Bonchev–Trinajstić information content (AvgIpc) is 2.46. The first kappa shape index (κ1) is 17.7. The molecule has 0 spiro atoms. The number of aromatic nitrogens is 1. The summed E-state index contributed by atoms with van der Waals surface area (Å²) in [6.07, 6.45) is 5.67. The van der Waals surface area contributed by atoms with Gasteiger partial charge in [0.05, 0.1) is 28.3 Å². The SMILES string of the molecule is C=CCC[C@H](C)Oc1nc(C)c(N=CN(C)CC)cc1Br. The number of aliphatic imine (C=N–C) groups is 1. The molecule has 1 aromatic heterocycles. The van der Waals surface area contributed by atoms with Crippen LogP contribution in [0.4, 0.5) is 5.69 Å². The zero-order valence-corrected chi connectivity index (χ0v) is 14.9. The molecule has 0 radical (unpaired) electrons. The van der Waals surface area contributed by atoms with Gasteiger partial charge in [0.15, 0.2) is 0 Å². The lowest BCUT2D eigenvalue weighted by molar-refractivity contribution is 0.202. The van der Waals surface area contributed by atoms with Gasteiger partial charge in [-0.1, -0.05) is 6.08 Å². The predicted octanol–water partition coefficient (Wildman–Crippen LogP) is 4.50. The van der Waals surface area contributed by atoms with Gasteiger partial charge in [0.25, 0.3) is 0 Å². The Kier molecular flexibility index (Phi) is 7.43. The summed E-state index contributed by atoms with van der Waals surface area (Å²) in [7, 11) is 1.99. The molecule has 0 aliphatic rings. The largest absolute Gasteiger partial charge is 0.474 e. The lowest BCUT2D eigenvalue weighted by Crippen LogP contribution is -2.14. The minimum atomic E-state index is 0.103.